The fraction of sp³-hybridized carbons (Fsp3) is 0.278. The molecule has 1 N–H and O–H groups in total. The van der Waals surface area contributed by atoms with Crippen LogP contribution in [-0.4, -0.2) is 24.4 Å². The molecule has 0 aliphatic heterocycles. The molecule has 0 unspecified atom stereocenters. The van der Waals surface area contributed by atoms with Crippen LogP contribution >= 0.6 is 34.8 Å². The number of amides is 1. The molecule has 24 heavy (non-hydrogen) atoms. The molecule has 0 aliphatic carbocycles. The molecule has 0 aliphatic rings. The third-order valence-electron chi connectivity index (χ3n) is 3.57. The highest BCUT2D eigenvalue weighted by Crippen LogP contribution is 2.33. The number of rotatable bonds is 6. The minimum atomic E-state index is -0.186. The molecule has 0 heterocycles. The molecule has 1 amide bonds. The summed E-state index contributed by atoms with van der Waals surface area (Å²) in [6.07, 6.45) is 1.02. The Hall–Kier alpha value is -1.26. The van der Waals surface area contributed by atoms with Crippen LogP contribution in [0.4, 0.5) is 5.69 Å². The fourth-order valence-electron chi connectivity index (χ4n) is 2.33. The summed E-state index contributed by atoms with van der Waals surface area (Å²) in [6, 6.07) is 11.5. The van der Waals surface area contributed by atoms with Gasteiger partial charge in [-0.05, 0) is 36.7 Å². The molecule has 2 aromatic carbocycles. The lowest BCUT2D eigenvalue weighted by Crippen LogP contribution is -2.30. The van der Waals surface area contributed by atoms with Gasteiger partial charge < -0.3 is 5.32 Å². The zero-order valence-electron chi connectivity index (χ0n) is 13.6. The zero-order valence-corrected chi connectivity index (χ0v) is 15.8. The van der Waals surface area contributed by atoms with Gasteiger partial charge in [0, 0.05) is 11.6 Å². The molecule has 0 aromatic heterocycles. The van der Waals surface area contributed by atoms with Gasteiger partial charge in [0.15, 0.2) is 0 Å². The number of likely N-dealkylation sites (N-methyl/N-ethyl adjacent to an activating group) is 1. The maximum absolute atomic E-state index is 12.2. The molecule has 0 radical (unpaired) electrons. The first-order valence-corrected chi connectivity index (χ1v) is 8.73. The summed E-state index contributed by atoms with van der Waals surface area (Å²) < 4.78 is 0. The lowest BCUT2D eigenvalue weighted by atomic mass is 10.1. The minimum Gasteiger partial charge on any atom is -0.322 e. The second kappa shape index (κ2) is 8.72. The first kappa shape index (κ1) is 19.1. The van der Waals surface area contributed by atoms with Gasteiger partial charge in [-0.2, -0.15) is 0 Å². The standard InChI is InChI=1S/C18H19Cl3N2O/c1-3-12-4-6-13(7-5-12)10-23(2)11-17(24)22-18-15(20)8-14(19)9-16(18)21/h4-9H,3,10-11H2,1-2H3,(H,22,24). The lowest BCUT2D eigenvalue weighted by molar-refractivity contribution is -0.117. The van der Waals surface area contributed by atoms with Gasteiger partial charge in [0.25, 0.3) is 0 Å². The molecule has 2 rings (SSSR count). The van der Waals surface area contributed by atoms with Crippen molar-refractivity contribution in [3.8, 4) is 0 Å². The number of anilines is 1. The summed E-state index contributed by atoms with van der Waals surface area (Å²) in [5.74, 6) is -0.186. The van der Waals surface area contributed by atoms with Crippen LogP contribution in [0, 0.1) is 0 Å². The largest absolute Gasteiger partial charge is 0.322 e. The summed E-state index contributed by atoms with van der Waals surface area (Å²) in [5, 5.41) is 3.80. The second-order valence-corrected chi connectivity index (χ2v) is 6.89. The van der Waals surface area contributed by atoms with Crippen LogP contribution in [0.2, 0.25) is 15.1 Å². The van der Waals surface area contributed by atoms with Crippen molar-refractivity contribution in [2.24, 2.45) is 0 Å². The number of carbonyl (C=O) groups is 1. The van der Waals surface area contributed by atoms with E-state index in [0.29, 0.717) is 27.3 Å². The first-order valence-electron chi connectivity index (χ1n) is 7.59. The third-order valence-corrected chi connectivity index (χ3v) is 4.38. The van der Waals surface area contributed by atoms with Crippen LogP contribution in [0.25, 0.3) is 0 Å². The Balaban J connectivity index is 1.94. The van der Waals surface area contributed by atoms with Gasteiger partial charge in [0.05, 0.1) is 22.3 Å². The Labute approximate surface area is 157 Å². The molecule has 0 fully saturated rings. The van der Waals surface area contributed by atoms with Gasteiger partial charge in [-0.1, -0.05) is 66.0 Å². The van der Waals surface area contributed by atoms with Crippen molar-refractivity contribution >= 4 is 46.4 Å². The Morgan fingerprint density at radius 2 is 1.58 bits per heavy atom. The Morgan fingerprint density at radius 3 is 2.12 bits per heavy atom. The highest BCUT2D eigenvalue weighted by atomic mass is 35.5. The van der Waals surface area contributed by atoms with E-state index < -0.39 is 0 Å². The van der Waals surface area contributed by atoms with Crippen molar-refractivity contribution in [2.75, 3.05) is 18.9 Å². The van der Waals surface area contributed by atoms with E-state index >= 15 is 0 Å². The zero-order chi connectivity index (χ0) is 17.7. The average Bonchev–Trinajstić information content (AvgIpc) is 2.51. The van der Waals surface area contributed by atoms with E-state index in [4.69, 9.17) is 34.8 Å². The minimum absolute atomic E-state index is 0.186. The van der Waals surface area contributed by atoms with Gasteiger partial charge >= 0.3 is 0 Å². The predicted molar refractivity (Wildman–Crippen MR) is 102 cm³/mol. The predicted octanol–water partition coefficient (Wildman–Crippen LogP) is 5.28. The molecule has 0 spiro atoms. The number of hydrogen-bond acceptors (Lipinski definition) is 2. The number of aryl methyl sites for hydroxylation is 1. The number of benzene rings is 2. The van der Waals surface area contributed by atoms with E-state index in [1.165, 1.54) is 5.56 Å². The van der Waals surface area contributed by atoms with Crippen LogP contribution in [0.1, 0.15) is 18.1 Å². The van der Waals surface area contributed by atoms with Gasteiger partial charge in [-0.25, -0.2) is 0 Å². The number of halogens is 3. The summed E-state index contributed by atoms with van der Waals surface area (Å²) in [7, 11) is 1.89. The summed E-state index contributed by atoms with van der Waals surface area (Å²) in [6.45, 7) is 3.03. The van der Waals surface area contributed by atoms with Crippen molar-refractivity contribution in [2.45, 2.75) is 19.9 Å². The number of nitrogens with zero attached hydrogens (tertiary/aromatic N) is 1. The molecule has 0 saturated heterocycles. The third kappa shape index (κ3) is 5.38. The number of nitrogens with one attached hydrogen (secondary N) is 1. The van der Waals surface area contributed by atoms with E-state index in [-0.39, 0.29) is 12.5 Å². The Morgan fingerprint density at radius 1 is 1.04 bits per heavy atom. The quantitative estimate of drug-likeness (QED) is 0.733. The maximum atomic E-state index is 12.2. The summed E-state index contributed by atoms with van der Waals surface area (Å²) >= 11 is 18.0. The molecule has 0 saturated carbocycles. The molecule has 0 atom stereocenters. The molecular formula is C18H19Cl3N2O. The SMILES string of the molecule is CCc1ccc(CN(C)CC(=O)Nc2c(Cl)cc(Cl)cc2Cl)cc1. The monoisotopic (exact) mass is 384 g/mol. The fourth-order valence-corrected chi connectivity index (χ4v) is 3.25. The van der Waals surface area contributed by atoms with Crippen LogP contribution < -0.4 is 5.32 Å². The number of hydrogen-bond donors (Lipinski definition) is 1. The van der Waals surface area contributed by atoms with Crippen molar-refractivity contribution in [1.82, 2.24) is 4.90 Å². The van der Waals surface area contributed by atoms with Crippen LogP contribution in [0.5, 0.6) is 0 Å². The van der Waals surface area contributed by atoms with Crippen molar-refractivity contribution in [3.63, 3.8) is 0 Å². The van der Waals surface area contributed by atoms with E-state index in [9.17, 15) is 4.79 Å². The highest BCUT2D eigenvalue weighted by molar-refractivity contribution is 6.42. The van der Waals surface area contributed by atoms with Crippen LogP contribution in [-0.2, 0) is 17.8 Å². The summed E-state index contributed by atoms with van der Waals surface area (Å²) in [4.78, 5) is 14.1. The molecular weight excluding hydrogens is 367 g/mol. The van der Waals surface area contributed by atoms with Gasteiger partial charge in [0.2, 0.25) is 5.91 Å². The molecule has 0 bridgehead atoms. The molecule has 128 valence electrons. The molecule has 6 heteroatoms. The van der Waals surface area contributed by atoms with E-state index in [1.54, 1.807) is 12.1 Å². The van der Waals surface area contributed by atoms with Crippen LogP contribution in [0.3, 0.4) is 0 Å². The van der Waals surface area contributed by atoms with Crippen molar-refractivity contribution in [3.05, 3.63) is 62.6 Å². The Kier molecular flexibility index (Phi) is 6.93. The average molecular weight is 386 g/mol. The van der Waals surface area contributed by atoms with Crippen molar-refractivity contribution in [1.29, 1.82) is 0 Å². The van der Waals surface area contributed by atoms with Gasteiger partial charge in [-0.15, -0.1) is 0 Å². The van der Waals surface area contributed by atoms with Gasteiger partial charge in [-0.3, -0.25) is 9.69 Å². The molecule has 2 aromatic rings. The first-order chi connectivity index (χ1) is 11.4. The smallest absolute Gasteiger partial charge is 0.238 e. The van der Waals surface area contributed by atoms with E-state index in [2.05, 4.69) is 36.5 Å². The second-order valence-electron chi connectivity index (χ2n) is 5.63. The van der Waals surface area contributed by atoms with E-state index in [0.717, 1.165) is 12.0 Å². The summed E-state index contributed by atoms with van der Waals surface area (Å²) in [5.41, 5.74) is 2.84. The topological polar surface area (TPSA) is 32.3 Å². The molecule has 3 nitrogen and oxygen atoms in total. The van der Waals surface area contributed by atoms with E-state index in [1.807, 2.05) is 11.9 Å². The number of carbonyl (C=O) groups excluding carboxylic acids is 1. The van der Waals surface area contributed by atoms with Gasteiger partial charge in [0.1, 0.15) is 0 Å². The highest BCUT2D eigenvalue weighted by Gasteiger charge is 2.13. The van der Waals surface area contributed by atoms with Crippen LogP contribution in [0.15, 0.2) is 36.4 Å². The normalized spacial score (nSPS) is 10.9. The Bertz CT molecular complexity index is 694. The maximum Gasteiger partial charge on any atom is 0.238 e. The lowest BCUT2D eigenvalue weighted by Gasteiger charge is -2.17. The van der Waals surface area contributed by atoms with Crippen molar-refractivity contribution < 1.29 is 4.79 Å².